The van der Waals surface area contributed by atoms with Crippen LogP contribution in [0.25, 0.3) is 22.4 Å². The molecule has 0 bridgehead atoms. The van der Waals surface area contributed by atoms with E-state index in [9.17, 15) is 0 Å². The number of fused-ring (bicyclic) bond motifs is 6. The molecule has 32 heavy (non-hydrogen) atoms. The number of rotatable bonds is 7. The minimum atomic E-state index is 0.238. The second-order valence-electron chi connectivity index (χ2n) is 10.1. The van der Waals surface area contributed by atoms with E-state index in [1.54, 1.807) is 5.56 Å². The summed E-state index contributed by atoms with van der Waals surface area (Å²) in [7, 11) is 0. The van der Waals surface area contributed by atoms with Crippen molar-refractivity contribution in [3.63, 3.8) is 0 Å². The molecule has 1 nitrogen and oxygen atoms in total. The summed E-state index contributed by atoms with van der Waals surface area (Å²) in [5, 5.41) is 0. The zero-order chi connectivity index (χ0) is 22.3. The molecule has 2 unspecified atom stereocenters. The fourth-order valence-electron chi connectivity index (χ4n) is 6.93. The zero-order valence-electron chi connectivity index (χ0n) is 20.4. The molecule has 2 heterocycles. The molecule has 1 aliphatic heterocycles. The summed E-state index contributed by atoms with van der Waals surface area (Å²) in [5.41, 5.74) is 10.5. The van der Waals surface area contributed by atoms with E-state index in [2.05, 4.69) is 93.1 Å². The molecule has 166 valence electrons. The first-order chi connectivity index (χ1) is 15.6. The van der Waals surface area contributed by atoms with Crippen LogP contribution in [0.1, 0.15) is 82.4 Å². The summed E-state index contributed by atoms with van der Waals surface area (Å²) in [6.45, 7) is 9.33. The van der Waals surface area contributed by atoms with E-state index in [1.165, 1.54) is 84.9 Å². The lowest BCUT2D eigenvalue weighted by Gasteiger charge is -2.57. The van der Waals surface area contributed by atoms with Crippen LogP contribution in [0.5, 0.6) is 0 Å². The Bertz CT molecular complexity index is 1130. The highest BCUT2D eigenvalue weighted by Crippen LogP contribution is 2.61. The molecule has 1 saturated carbocycles. The van der Waals surface area contributed by atoms with Gasteiger partial charge in [0.05, 0.1) is 11.0 Å². The van der Waals surface area contributed by atoms with E-state index in [-0.39, 0.29) is 11.0 Å². The molecule has 1 fully saturated rings. The van der Waals surface area contributed by atoms with Gasteiger partial charge in [0.25, 0.3) is 0 Å². The van der Waals surface area contributed by atoms with Gasteiger partial charge in [-0.1, -0.05) is 63.9 Å². The molecule has 1 aromatic heterocycles. The summed E-state index contributed by atoms with van der Waals surface area (Å²) in [6, 6.07) is 21.3. The maximum Gasteiger partial charge on any atom is 0.213 e. The average Bonchev–Trinajstić information content (AvgIpc) is 2.81. The van der Waals surface area contributed by atoms with Crippen molar-refractivity contribution in [2.45, 2.75) is 90.0 Å². The number of aryl methyl sites for hydroxylation is 2. The highest BCUT2D eigenvalue weighted by molar-refractivity contribution is 5.77. The monoisotopic (exact) mass is 424 g/mol. The molecule has 2 aromatic carbocycles. The molecule has 0 saturated heterocycles. The summed E-state index contributed by atoms with van der Waals surface area (Å²) in [6.07, 6.45) is 12.4. The van der Waals surface area contributed by atoms with Gasteiger partial charge in [0.2, 0.25) is 5.69 Å². The van der Waals surface area contributed by atoms with Crippen molar-refractivity contribution < 1.29 is 4.57 Å². The first kappa shape index (κ1) is 21.4. The minimum Gasteiger partial charge on any atom is -0.192 e. The van der Waals surface area contributed by atoms with Crippen molar-refractivity contribution in [3.8, 4) is 22.4 Å². The predicted octanol–water partition coefficient (Wildman–Crippen LogP) is 7.91. The molecule has 5 rings (SSSR count). The topological polar surface area (TPSA) is 3.88 Å². The third-order valence-electron chi connectivity index (χ3n) is 8.86. The number of unbranched alkanes of at least 4 members (excludes halogenated alkanes) is 2. The van der Waals surface area contributed by atoms with E-state index in [4.69, 9.17) is 0 Å². The molecule has 3 aromatic rings. The fourth-order valence-corrected chi connectivity index (χ4v) is 6.93. The number of pyridine rings is 1. The second-order valence-corrected chi connectivity index (χ2v) is 10.1. The Kier molecular flexibility index (Phi) is 5.48. The average molecular weight is 425 g/mol. The van der Waals surface area contributed by atoms with E-state index in [0.29, 0.717) is 0 Å². The largest absolute Gasteiger partial charge is 0.213 e. The maximum absolute atomic E-state index is 2.64. The van der Waals surface area contributed by atoms with Gasteiger partial charge < -0.3 is 0 Å². The van der Waals surface area contributed by atoms with Gasteiger partial charge in [-0.15, -0.1) is 0 Å². The Morgan fingerprint density at radius 2 is 1.72 bits per heavy atom. The maximum atomic E-state index is 2.64. The fraction of sp³-hybridized carbons (Fsp3) is 0.452. The Hall–Kier alpha value is -2.41. The Labute approximate surface area is 194 Å². The minimum absolute atomic E-state index is 0.238. The van der Waals surface area contributed by atoms with Crippen LogP contribution in [0.4, 0.5) is 0 Å². The molecule has 0 radical (unpaired) electrons. The molecule has 0 amide bonds. The van der Waals surface area contributed by atoms with Crippen LogP contribution in [0.2, 0.25) is 0 Å². The van der Waals surface area contributed by atoms with Crippen molar-refractivity contribution in [2.24, 2.45) is 0 Å². The van der Waals surface area contributed by atoms with Gasteiger partial charge in [0, 0.05) is 25.0 Å². The standard InChI is InChI=1S/C31H38N/c1-5-8-9-12-24-15-14-23(4)26(21-24)25-16-17-28-27(22-25)29-13-10-11-20-32(29)31(7-3)19-18-30(28,31)6-2/h10-11,13-17,20-22H,5-9,12,18-19H2,1-4H3/q+1. The number of hydrogen-bond donors (Lipinski definition) is 0. The normalized spacial score (nSPS) is 23.1. The van der Waals surface area contributed by atoms with Crippen LogP contribution < -0.4 is 4.57 Å². The Morgan fingerprint density at radius 1 is 0.844 bits per heavy atom. The lowest BCUT2D eigenvalue weighted by molar-refractivity contribution is -0.783. The highest BCUT2D eigenvalue weighted by atomic mass is 15.1. The van der Waals surface area contributed by atoms with Gasteiger partial charge in [-0.3, -0.25) is 0 Å². The van der Waals surface area contributed by atoms with Crippen LogP contribution >= 0.6 is 0 Å². The van der Waals surface area contributed by atoms with E-state index < -0.39 is 0 Å². The van der Waals surface area contributed by atoms with Crippen molar-refractivity contribution in [1.82, 2.24) is 0 Å². The first-order valence-electron chi connectivity index (χ1n) is 12.9. The number of benzene rings is 2. The predicted molar refractivity (Wildman–Crippen MR) is 135 cm³/mol. The molecule has 1 aliphatic carbocycles. The lowest BCUT2D eigenvalue weighted by atomic mass is 9.47. The van der Waals surface area contributed by atoms with Crippen molar-refractivity contribution in [3.05, 3.63) is 77.5 Å². The van der Waals surface area contributed by atoms with Crippen molar-refractivity contribution >= 4 is 0 Å². The highest BCUT2D eigenvalue weighted by Gasteiger charge is 2.68. The molecular weight excluding hydrogens is 386 g/mol. The molecule has 0 spiro atoms. The van der Waals surface area contributed by atoms with E-state index >= 15 is 0 Å². The van der Waals surface area contributed by atoms with Crippen LogP contribution in [-0.4, -0.2) is 0 Å². The summed E-state index contributed by atoms with van der Waals surface area (Å²) < 4.78 is 2.64. The second kappa shape index (κ2) is 8.18. The van der Waals surface area contributed by atoms with E-state index in [1.807, 2.05) is 0 Å². The third kappa shape index (κ3) is 2.93. The molecule has 1 heteroatoms. The van der Waals surface area contributed by atoms with Gasteiger partial charge in [0.1, 0.15) is 0 Å². The van der Waals surface area contributed by atoms with Crippen molar-refractivity contribution in [1.29, 1.82) is 0 Å². The SMILES string of the molecule is CCCCCc1ccc(C)c(-c2ccc3c(c2)-c2cccc[n+]2C2(CC)CCC32CC)c1. The van der Waals surface area contributed by atoms with Gasteiger partial charge in [0.15, 0.2) is 11.7 Å². The van der Waals surface area contributed by atoms with Crippen molar-refractivity contribution in [2.75, 3.05) is 0 Å². The third-order valence-corrected chi connectivity index (χ3v) is 8.86. The van der Waals surface area contributed by atoms with Crippen LogP contribution in [0.3, 0.4) is 0 Å². The quantitative estimate of drug-likeness (QED) is 0.268. The lowest BCUT2D eigenvalue weighted by Crippen LogP contribution is -2.75. The zero-order valence-corrected chi connectivity index (χ0v) is 20.4. The molecule has 2 atom stereocenters. The molecule has 0 N–H and O–H groups in total. The molecule has 2 aliphatic rings. The van der Waals surface area contributed by atoms with Crippen LogP contribution in [0, 0.1) is 6.92 Å². The smallest absolute Gasteiger partial charge is 0.192 e. The first-order valence-corrected chi connectivity index (χ1v) is 12.9. The van der Waals surface area contributed by atoms with Gasteiger partial charge in [-0.05, 0) is 72.6 Å². The Morgan fingerprint density at radius 3 is 2.44 bits per heavy atom. The summed E-state index contributed by atoms with van der Waals surface area (Å²) >= 11 is 0. The van der Waals surface area contributed by atoms with Gasteiger partial charge in [-0.2, -0.15) is 4.57 Å². The summed E-state index contributed by atoms with van der Waals surface area (Å²) in [4.78, 5) is 0. The van der Waals surface area contributed by atoms with Gasteiger partial charge >= 0.3 is 0 Å². The van der Waals surface area contributed by atoms with Crippen LogP contribution in [-0.2, 0) is 17.4 Å². The van der Waals surface area contributed by atoms with E-state index in [0.717, 1.165) is 0 Å². The van der Waals surface area contributed by atoms with Gasteiger partial charge in [-0.25, -0.2) is 0 Å². The molecular formula is C31H38N+. The summed E-state index contributed by atoms with van der Waals surface area (Å²) in [5.74, 6) is 0. The van der Waals surface area contributed by atoms with Crippen LogP contribution in [0.15, 0.2) is 60.8 Å². The Balaban J connectivity index is 1.64. The number of aromatic nitrogens is 1. The number of nitrogens with zero attached hydrogens (tertiary/aromatic N) is 1. The number of hydrogen-bond acceptors (Lipinski definition) is 0.